The van der Waals surface area contributed by atoms with Crippen molar-refractivity contribution in [1.29, 1.82) is 0 Å². The van der Waals surface area contributed by atoms with Crippen molar-refractivity contribution in [3.63, 3.8) is 0 Å². The van der Waals surface area contributed by atoms with Gasteiger partial charge in [0.25, 0.3) is 0 Å². The molecule has 0 N–H and O–H groups in total. The standard InChI is InChI=1S/C60H66O4/c1-5-7-9-11-13-19-43-23-27-45(28-24-43)47-31-35-49(36-32-47)59(61)63-54-39-51-40-55(53-22-16-18-42(4)57(53)58(51)56-41(3)17-15-21-52(54)56)64-60(62)50-37-33-48(34-38-50)46-29-25-44(26-30-46)20-14-12-10-8-6-2/h15-18,21-38,51,54-55,58H,5-14,19-20,39-40H2,1-4H3/t51?,54-,55-,58?/m1/s1. The van der Waals surface area contributed by atoms with Gasteiger partial charge >= 0.3 is 11.9 Å². The molecular weight excluding hydrogens is 785 g/mol. The Morgan fingerprint density at radius 3 is 1.19 bits per heavy atom. The van der Waals surface area contributed by atoms with E-state index in [0.717, 1.165) is 46.2 Å². The van der Waals surface area contributed by atoms with Crippen LogP contribution in [0.1, 0.15) is 174 Å². The van der Waals surface area contributed by atoms with Gasteiger partial charge in [-0.05, 0) is 149 Å². The van der Waals surface area contributed by atoms with Crippen LogP contribution in [-0.4, -0.2) is 11.9 Å². The maximum absolute atomic E-state index is 14.0. The maximum atomic E-state index is 14.0. The van der Waals surface area contributed by atoms with Crippen LogP contribution in [0.3, 0.4) is 0 Å². The third-order valence-electron chi connectivity index (χ3n) is 14.0. The van der Waals surface area contributed by atoms with E-state index >= 15 is 0 Å². The molecule has 2 aliphatic carbocycles. The molecule has 2 atom stereocenters. The predicted octanol–water partition coefficient (Wildman–Crippen LogP) is 16.0. The van der Waals surface area contributed by atoms with Gasteiger partial charge in [0.1, 0.15) is 12.2 Å². The van der Waals surface area contributed by atoms with E-state index in [-0.39, 0.29) is 23.8 Å². The first kappa shape index (κ1) is 44.9. The molecular formula is C60H66O4. The molecule has 0 heterocycles. The second-order valence-electron chi connectivity index (χ2n) is 18.5. The van der Waals surface area contributed by atoms with Crippen LogP contribution in [0.2, 0.25) is 0 Å². The van der Waals surface area contributed by atoms with Crippen molar-refractivity contribution >= 4 is 11.9 Å². The van der Waals surface area contributed by atoms with E-state index in [9.17, 15) is 9.59 Å². The average Bonchev–Trinajstić information content (AvgIpc) is 3.32. The van der Waals surface area contributed by atoms with Gasteiger partial charge in [-0.25, -0.2) is 9.59 Å². The largest absolute Gasteiger partial charge is 0.454 e. The Hall–Kier alpha value is -5.74. The third kappa shape index (κ3) is 10.4. The third-order valence-corrected chi connectivity index (χ3v) is 14.0. The minimum absolute atomic E-state index is 0.0983. The number of benzene rings is 6. The van der Waals surface area contributed by atoms with Crippen LogP contribution in [0.5, 0.6) is 0 Å². The zero-order valence-electron chi connectivity index (χ0n) is 38.5. The fraction of sp³-hybridized carbons (Fsp3) is 0.367. The molecule has 0 saturated heterocycles. The molecule has 330 valence electrons. The van der Waals surface area contributed by atoms with Gasteiger partial charge in [-0.15, -0.1) is 0 Å². The van der Waals surface area contributed by atoms with Gasteiger partial charge in [-0.1, -0.05) is 174 Å². The summed E-state index contributed by atoms with van der Waals surface area (Å²) in [6.07, 6.45) is 15.5. The van der Waals surface area contributed by atoms with Crippen LogP contribution in [0.4, 0.5) is 0 Å². The molecule has 0 fully saturated rings. The van der Waals surface area contributed by atoms with Gasteiger partial charge in [0.2, 0.25) is 0 Å². The number of rotatable bonds is 18. The van der Waals surface area contributed by atoms with Crippen LogP contribution >= 0.6 is 0 Å². The summed E-state index contributed by atoms with van der Waals surface area (Å²) in [6.45, 7) is 8.83. The van der Waals surface area contributed by atoms with E-state index in [1.54, 1.807) is 0 Å². The highest BCUT2D eigenvalue weighted by atomic mass is 16.5. The lowest BCUT2D eigenvalue weighted by Gasteiger charge is -2.45. The number of aryl methyl sites for hydroxylation is 4. The summed E-state index contributed by atoms with van der Waals surface area (Å²) in [5.74, 6) is -0.446. The Balaban J connectivity index is 0.954. The minimum atomic E-state index is -0.424. The first-order valence-electron chi connectivity index (χ1n) is 24.3. The van der Waals surface area contributed by atoms with E-state index in [1.807, 2.05) is 48.5 Å². The first-order chi connectivity index (χ1) is 31.3. The van der Waals surface area contributed by atoms with Gasteiger partial charge in [0.05, 0.1) is 11.1 Å². The van der Waals surface area contributed by atoms with E-state index in [1.165, 1.54) is 97.6 Å². The van der Waals surface area contributed by atoms with Crippen LogP contribution in [-0.2, 0) is 22.3 Å². The van der Waals surface area contributed by atoms with Crippen LogP contribution in [0, 0.1) is 19.8 Å². The number of ether oxygens (including phenoxy) is 2. The quantitative estimate of drug-likeness (QED) is 0.0638. The number of hydrogen-bond acceptors (Lipinski definition) is 4. The zero-order chi connectivity index (χ0) is 44.4. The average molecular weight is 851 g/mol. The molecule has 4 heteroatoms. The smallest absolute Gasteiger partial charge is 0.338 e. The van der Waals surface area contributed by atoms with Crippen molar-refractivity contribution in [3.05, 3.63) is 189 Å². The maximum Gasteiger partial charge on any atom is 0.338 e. The topological polar surface area (TPSA) is 52.6 Å². The number of carbonyl (C=O) groups excluding carboxylic acids is 2. The van der Waals surface area contributed by atoms with Crippen molar-refractivity contribution < 1.29 is 19.1 Å². The summed E-state index contributed by atoms with van der Waals surface area (Å²) in [6, 6.07) is 46.1. The Morgan fingerprint density at radius 1 is 0.453 bits per heavy atom. The number of hydrogen-bond donors (Lipinski definition) is 0. The molecule has 0 spiro atoms. The normalized spacial score (nSPS) is 17.5. The Kier molecular flexibility index (Phi) is 14.9. The number of esters is 2. The second kappa shape index (κ2) is 21.3. The highest BCUT2D eigenvalue weighted by Crippen LogP contribution is 2.56. The fourth-order valence-corrected chi connectivity index (χ4v) is 10.4. The summed E-state index contributed by atoms with van der Waals surface area (Å²) in [5.41, 5.74) is 15.2. The van der Waals surface area contributed by atoms with Gasteiger partial charge in [0, 0.05) is 5.92 Å². The van der Waals surface area contributed by atoms with Gasteiger partial charge < -0.3 is 9.47 Å². The molecule has 0 aromatic heterocycles. The molecule has 6 aromatic rings. The van der Waals surface area contributed by atoms with Crippen molar-refractivity contribution in [2.45, 2.75) is 136 Å². The highest BCUT2D eigenvalue weighted by Gasteiger charge is 2.45. The molecule has 0 bridgehead atoms. The van der Waals surface area contributed by atoms with Gasteiger partial charge in [-0.3, -0.25) is 0 Å². The van der Waals surface area contributed by atoms with E-state index in [2.05, 4.69) is 113 Å². The van der Waals surface area contributed by atoms with Crippen LogP contribution in [0.25, 0.3) is 22.3 Å². The number of unbranched alkanes of at least 4 members (excludes halogenated alkanes) is 8. The molecule has 8 rings (SSSR count). The summed E-state index contributed by atoms with van der Waals surface area (Å²) in [4.78, 5) is 27.9. The summed E-state index contributed by atoms with van der Waals surface area (Å²) >= 11 is 0. The van der Waals surface area contributed by atoms with Crippen molar-refractivity contribution in [2.75, 3.05) is 0 Å². The highest BCUT2D eigenvalue weighted by molar-refractivity contribution is 5.91. The summed E-state index contributed by atoms with van der Waals surface area (Å²) in [7, 11) is 0. The molecule has 0 saturated carbocycles. The van der Waals surface area contributed by atoms with Crippen molar-refractivity contribution in [3.8, 4) is 22.3 Å². The zero-order valence-corrected chi connectivity index (χ0v) is 38.5. The molecule has 0 unspecified atom stereocenters. The minimum Gasteiger partial charge on any atom is -0.454 e. The predicted molar refractivity (Wildman–Crippen MR) is 262 cm³/mol. The van der Waals surface area contributed by atoms with E-state index in [4.69, 9.17) is 9.47 Å². The molecule has 2 aliphatic rings. The van der Waals surface area contributed by atoms with Crippen LogP contribution < -0.4 is 0 Å². The number of fused-ring (bicyclic) bond motifs is 5. The lowest BCUT2D eigenvalue weighted by molar-refractivity contribution is 0.00378. The fourth-order valence-electron chi connectivity index (χ4n) is 10.4. The second-order valence-corrected chi connectivity index (χ2v) is 18.5. The molecule has 64 heavy (non-hydrogen) atoms. The molecule has 0 aliphatic heterocycles. The molecule has 4 nitrogen and oxygen atoms in total. The Morgan fingerprint density at radius 2 is 0.812 bits per heavy atom. The van der Waals surface area contributed by atoms with Crippen molar-refractivity contribution in [2.24, 2.45) is 5.92 Å². The van der Waals surface area contributed by atoms with Crippen molar-refractivity contribution in [1.82, 2.24) is 0 Å². The number of carbonyl (C=O) groups is 2. The Bertz CT molecular complexity index is 2300. The lowest BCUT2D eigenvalue weighted by Crippen LogP contribution is -2.34. The van der Waals surface area contributed by atoms with E-state index < -0.39 is 12.2 Å². The molecule has 0 radical (unpaired) electrons. The van der Waals surface area contributed by atoms with Crippen LogP contribution in [0.15, 0.2) is 133 Å². The molecule has 6 aromatic carbocycles. The van der Waals surface area contributed by atoms with Gasteiger partial charge in [-0.2, -0.15) is 0 Å². The SMILES string of the molecule is CCCCCCCc1ccc(-c2ccc(C(=O)O[C@@H]3CC4C[C@@H](OC(=O)c5ccc(-c6ccc(CCCCCCC)cc6)cc5)c5cccc(C)c5C4c4c(C)cccc43)cc2)cc1. The lowest BCUT2D eigenvalue weighted by atomic mass is 9.62. The Labute approximate surface area is 382 Å². The summed E-state index contributed by atoms with van der Waals surface area (Å²) in [5, 5.41) is 0. The van der Waals surface area contributed by atoms with Gasteiger partial charge in [0.15, 0.2) is 0 Å². The first-order valence-corrected chi connectivity index (χ1v) is 24.3. The van der Waals surface area contributed by atoms with E-state index in [0.29, 0.717) is 24.0 Å². The summed E-state index contributed by atoms with van der Waals surface area (Å²) < 4.78 is 12.9. The molecule has 0 amide bonds. The monoisotopic (exact) mass is 850 g/mol.